The zero-order valence-electron chi connectivity index (χ0n) is 10.2. The summed E-state index contributed by atoms with van der Waals surface area (Å²) < 4.78 is 10.5. The largest absolute Gasteiger partial charge is 0.547 e. The van der Waals surface area contributed by atoms with Crippen molar-refractivity contribution in [3.05, 3.63) is 29.8 Å². The standard InChI is InChI=1S/C13H17BrO4/c1-2-17-12(13(15)16)9-10-3-5-11(6-4-10)18-8-7-14/h3-6,12H,2,7-9H2,1H3,(H,15,16)/p-1. The summed E-state index contributed by atoms with van der Waals surface area (Å²) in [5.41, 5.74) is 0.879. The maximum atomic E-state index is 10.8. The Kier molecular flexibility index (Phi) is 6.75. The van der Waals surface area contributed by atoms with E-state index in [-0.39, 0.29) is 0 Å². The van der Waals surface area contributed by atoms with E-state index in [4.69, 9.17) is 9.47 Å². The van der Waals surface area contributed by atoms with Crippen molar-refractivity contribution in [1.29, 1.82) is 0 Å². The Bertz CT molecular complexity index is 364. The minimum atomic E-state index is -1.18. The van der Waals surface area contributed by atoms with E-state index in [1.165, 1.54) is 0 Å². The fraction of sp³-hybridized carbons (Fsp3) is 0.462. The maximum Gasteiger partial charge on any atom is 0.119 e. The molecular formula is C13H16BrO4-. The fourth-order valence-corrected chi connectivity index (χ4v) is 1.67. The van der Waals surface area contributed by atoms with Crippen LogP contribution in [0.4, 0.5) is 0 Å². The van der Waals surface area contributed by atoms with Gasteiger partial charge in [0, 0.05) is 18.4 Å². The molecule has 0 N–H and O–H groups in total. The van der Waals surface area contributed by atoms with Crippen LogP contribution in [0.15, 0.2) is 24.3 Å². The third-order valence-electron chi connectivity index (χ3n) is 2.32. The molecule has 5 heteroatoms. The van der Waals surface area contributed by atoms with Crippen LogP contribution < -0.4 is 9.84 Å². The number of halogens is 1. The van der Waals surface area contributed by atoms with Crippen LogP contribution in [0.2, 0.25) is 0 Å². The molecule has 1 aromatic carbocycles. The van der Waals surface area contributed by atoms with Crippen LogP contribution in [0.1, 0.15) is 12.5 Å². The second-order valence-corrected chi connectivity index (χ2v) is 4.44. The van der Waals surface area contributed by atoms with Crippen molar-refractivity contribution in [2.45, 2.75) is 19.4 Å². The molecule has 1 atom stereocenters. The molecule has 0 heterocycles. The van der Waals surface area contributed by atoms with Crippen LogP contribution >= 0.6 is 15.9 Å². The quantitative estimate of drug-likeness (QED) is 0.675. The van der Waals surface area contributed by atoms with Gasteiger partial charge in [0.25, 0.3) is 0 Å². The number of ether oxygens (including phenoxy) is 2. The van der Waals surface area contributed by atoms with Gasteiger partial charge in [-0.3, -0.25) is 0 Å². The van der Waals surface area contributed by atoms with Crippen LogP contribution in [0.3, 0.4) is 0 Å². The van der Waals surface area contributed by atoms with Crippen LogP contribution in [0, 0.1) is 0 Å². The number of hydrogen-bond acceptors (Lipinski definition) is 4. The van der Waals surface area contributed by atoms with Crippen LogP contribution in [0.5, 0.6) is 5.75 Å². The Morgan fingerprint density at radius 3 is 2.56 bits per heavy atom. The molecule has 1 rings (SSSR count). The van der Waals surface area contributed by atoms with Crippen molar-refractivity contribution >= 4 is 21.9 Å². The van der Waals surface area contributed by atoms with Crippen molar-refractivity contribution in [2.75, 3.05) is 18.5 Å². The maximum absolute atomic E-state index is 10.8. The first-order chi connectivity index (χ1) is 8.67. The average molecular weight is 316 g/mol. The second kappa shape index (κ2) is 8.11. The summed E-state index contributed by atoms with van der Waals surface area (Å²) in [5, 5.41) is 11.6. The predicted molar refractivity (Wildman–Crippen MR) is 69.9 cm³/mol. The van der Waals surface area contributed by atoms with Gasteiger partial charge in [-0.25, -0.2) is 0 Å². The highest BCUT2D eigenvalue weighted by molar-refractivity contribution is 9.09. The second-order valence-electron chi connectivity index (χ2n) is 3.65. The summed E-state index contributed by atoms with van der Waals surface area (Å²) in [6.07, 6.45) is -0.598. The van der Waals surface area contributed by atoms with Gasteiger partial charge in [-0.1, -0.05) is 28.1 Å². The Hall–Kier alpha value is -1.07. The lowest BCUT2D eigenvalue weighted by atomic mass is 10.1. The number of rotatable bonds is 8. The molecule has 100 valence electrons. The van der Waals surface area contributed by atoms with E-state index in [0.717, 1.165) is 16.6 Å². The first-order valence-electron chi connectivity index (χ1n) is 5.77. The number of aliphatic carboxylic acids is 1. The molecule has 0 fully saturated rings. The van der Waals surface area contributed by atoms with E-state index in [1.54, 1.807) is 6.92 Å². The summed E-state index contributed by atoms with van der Waals surface area (Å²) in [7, 11) is 0. The van der Waals surface area contributed by atoms with Crippen LogP contribution in [-0.2, 0) is 16.0 Å². The molecule has 0 spiro atoms. The smallest absolute Gasteiger partial charge is 0.119 e. The topological polar surface area (TPSA) is 58.6 Å². The van der Waals surface area contributed by atoms with Gasteiger partial charge in [-0.15, -0.1) is 0 Å². The Morgan fingerprint density at radius 1 is 1.39 bits per heavy atom. The summed E-state index contributed by atoms with van der Waals surface area (Å²) >= 11 is 3.27. The molecule has 0 aliphatic rings. The Balaban J connectivity index is 2.58. The summed E-state index contributed by atoms with van der Waals surface area (Å²) in [4.78, 5) is 10.8. The van der Waals surface area contributed by atoms with Crippen molar-refractivity contribution in [3.63, 3.8) is 0 Å². The molecule has 0 aliphatic carbocycles. The van der Waals surface area contributed by atoms with Crippen molar-refractivity contribution in [1.82, 2.24) is 0 Å². The highest BCUT2D eigenvalue weighted by Gasteiger charge is 2.10. The molecule has 0 radical (unpaired) electrons. The molecule has 0 bridgehead atoms. The molecule has 4 nitrogen and oxygen atoms in total. The number of carboxylic acid groups (broad SMARTS) is 1. The first kappa shape index (κ1) is 15.0. The number of hydrogen-bond donors (Lipinski definition) is 0. The van der Waals surface area contributed by atoms with E-state index < -0.39 is 12.1 Å². The third kappa shape index (κ3) is 5.06. The van der Waals surface area contributed by atoms with Gasteiger partial charge >= 0.3 is 0 Å². The van der Waals surface area contributed by atoms with Crippen LogP contribution in [0.25, 0.3) is 0 Å². The molecule has 0 saturated carbocycles. The van der Waals surface area contributed by atoms with Gasteiger partial charge in [-0.05, 0) is 24.6 Å². The zero-order valence-corrected chi connectivity index (χ0v) is 11.8. The van der Waals surface area contributed by atoms with E-state index in [2.05, 4.69) is 15.9 Å². The minimum Gasteiger partial charge on any atom is -0.547 e. The van der Waals surface area contributed by atoms with E-state index >= 15 is 0 Å². The Labute approximate surface area is 115 Å². The lowest BCUT2D eigenvalue weighted by molar-refractivity contribution is -0.316. The zero-order chi connectivity index (χ0) is 13.4. The van der Waals surface area contributed by atoms with E-state index in [0.29, 0.717) is 19.6 Å². The van der Waals surface area contributed by atoms with Gasteiger partial charge in [-0.2, -0.15) is 0 Å². The highest BCUT2D eigenvalue weighted by atomic mass is 79.9. The van der Waals surface area contributed by atoms with Crippen molar-refractivity contribution < 1.29 is 19.4 Å². The molecule has 1 aromatic rings. The lowest BCUT2D eigenvalue weighted by Crippen LogP contribution is -2.39. The monoisotopic (exact) mass is 315 g/mol. The van der Waals surface area contributed by atoms with Crippen molar-refractivity contribution in [3.8, 4) is 5.75 Å². The number of carbonyl (C=O) groups is 1. The van der Waals surface area contributed by atoms with E-state index in [1.807, 2.05) is 24.3 Å². The Morgan fingerprint density at radius 2 is 2.06 bits per heavy atom. The van der Waals surface area contributed by atoms with Gasteiger partial charge in [0.2, 0.25) is 0 Å². The SMILES string of the molecule is CCOC(Cc1ccc(OCCBr)cc1)C(=O)[O-]. The van der Waals surface area contributed by atoms with Gasteiger partial charge in [0.05, 0.1) is 12.6 Å². The van der Waals surface area contributed by atoms with Crippen molar-refractivity contribution in [2.24, 2.45) is 0 Å². The molecule has 0 amide bonds. The number of benzene rings is 1. The molecule has 1 unspecified atom stereocenters. The molecule has 0 aromatic heterocycles. The normalized spacial score (nSPS) is 12.1. The van der Waals surface area contributed by atoms with Gasteiger partial charge in [0.1, 0.15) is 11.9 Å². The van der Waals surface area contributed by atoms with Gasteiger partial charge in [0.15, 0.2) is 0 Å². The third-order valence-corrected chi connectivity index (χ3v) is 2.64. The highest BCUT2D eigenvalue weighted by Crippen LogP contribution is 2.14. The lowest BCUT2D eigenvalue weighted by Gasteiger charge is -2.18. The number of carboxylic acids is 1. The summed E-state index contributed by atoms with van der Waals surface area (Å²) in [5.74, 6) is -0.420. The number of alkyl halides is 1. The van der Waals surface area contributed by atoms with Crippen LogP contribution in [-0.4, -0.2) is 30.6 Å². The summed E-state index contributed by atoms with van der Waals surface area (Å²) in [6, 6.07) is 7.30. The molecule has 18 heavy (non-hydrogen) atoms. The predicted octanol–water partition coefficient (Wildman–Crippen LogP) is 1.16. The van der Waals surface area contributed by atoms with E-state index in [9.17, 15) is 9.90 Å². The minimum absolute atomic E-state index is 0.300. The molecule has 0 saturated heterocycles. The fourth-order valence-electron chi connectivity index (χ4n) is 1.50. The van der Waals surface area contributed by atoms with Gasteiger partial charge < -0.3 is 19.4 Å². The summed E-state index contributed by atoms with van der Waals surface area (Å²) in [6.45, 7) is 2.71. The first-order valence-corrected chi connectivity index (χ1v) is 6.89. The molecule has 0 aliphatic heterocycles. The molecular weight excluding hydrogens is 300 g/mol. The number of carbonyl (C=O) groups excluding carboxylic acids is 1. The average Bonchev–Trinajstić information content (AvgIpc) is 2.37.